The summed E-state index contributed by atoms with van der Waals surface area (Å²) in [5.74, 6) is 0.643. The average molecular weight is 291 g/mol. The van der Waals surface area contributed by atoms with Crippen LogP contribution in [0.4, 0.5) is 0 Å². The minimum absolute atomic E-state index is 0.0853. The zero-order valence-corrected chi connectivity index (χ0v) is 12.4. The van der Waals surface area contributed by atoms with Crippen LogP contribution < -0.4 is 10.5 Å². The molecule has 1 atom stereocenters. The van der Waals surface area contributed by atoms with E-state index in [1.54, 1.807) is 24.1 Å². The Balaban J connectivity index is 2.28. The molecule has 0 spiro atoms. The number of benzene rings is 1. The van der Waals surface area contributed by atoms with Gasteiger partial charge in [-0.25, -0.2) is 0 Å². The average Bonchev–Trinajstić information content (AvgIpc) is 2.54. The highest BCUT2D eigenvalue weighted by Crippen LogP contribution is 2.23. The number of ether oxygens (including phenoxy) is 1. The smallest absolute Gasteiger partial charge is 0.254 e. The Labute approximate surface area is 124 Å². The summed E-state index contributed by atoms with van der Waals surface area (Å²) in [7, 11) is 1.58. The number of hydrogen-bond donors (Lipinski definition) is 2. The van der Waals surface area contributed by atoms with Crippen LogP contribution in [0.25, 0.3) is 0 Å². The van der Waals surface area contributed by atoms with Crippen molar-refractivity contribution in [2.24, 2.45) is 10.9 Å². The van der Waals surface area contributed by atoms with Gasteiger partial charge in [0, 0.05) is 12.1 Å². The molecule has 1 heterocycles. The highest BCUT2D eigenvalue weighted by Gasteiger charge is 2.30. The van der Waals surface area contributed by atoms with Crippen LogP contribution in [0.15, 0.2) is 23.4 Å². The van der Waals surface area contributed by atoms with Gasteiger partial charge in [-0.15, -0.1) is 0 Å². The van der Waals surface area contributed by atoms with E-state index in [-0.39, 0.29) is 17.8 Å². The lowest BCUT2D eigenvalue weighted by Crippen LogP contribution is -2.50. The van der Waals surface area contributed by atoms with Crippen LogP contribution in [0.1, 0.15) is 35.2 Å². The van der Waals surface area contributed by atoms with Gasteiger partial charge in [0.2, 0.25) is 0 Å². The number of methoxy groups -OCH3 is 1. The highest BCUT2D eigenvalue weighted by atomic mass is 16.5. The minimum atomic E-state index is -0.344. The first-order valence-corrected chi connectivity index (χ1v) is 7.01. The first-order chi connectivity index (χ1) is 10.1. The van der Waals surface area contributed by atoms with E-state index in [1.807, 2.05) is 13.0 Å². The molecule has 3 N–H and O–H groups in total. The monoisotopic (exact) mass is 291 g/mol. The largest absolute Gasteiger partial charge is 0.496 e. The molecule has 0 saturated carbocycles. The Hall–Kier alpha value is -2.24. The van der Waals surface area contributed by atoms with E-state index in [4.69, 9.17) is 15.7 Å². The van der Waals surface area contributed by atoms with E-state index in [1.165, 1.54) is 0 Å². The third-order valence-electron chi connectivity index (χ3n) is 3.88. The molecule has 114 valence electrons. The fourth-order valence-electron chi connectivity index (χ4n) is 2.67. The van der Waals surface area contributed by atoms with Crippen LogP contribution in [0, 0.1) is 6.92 Å². The van der Waals surface area contributed by atoms with Crippen molar-refractivity contribution in [2.75, 3.05) is 13.7 Å². The SMILES string of the molecule is COc1cc(C(=O)N2CCCCC2C(N)=NO)ccc1C. The van der Waals surface area contributed by atoms with Gasteiger partial charge in [-0.3, -0.25) is 4.79 Å². The van der Waals surface area contributed by atoms with Crippen LogP contribution in [-0.4, -0.2) is 41.5 Å². The molecule has 1 aliphatic rings. The first kappa shape index (κ1) is 15.2. The summed E-state index contributed by atoms with van der Waals surface area (Å²) < 4.78 is 5.26. The first-order valence-electron chi connectivity index (χ1n) is 7.01. The van der Waals surface area contributed by atoms with E-state index >= 15 is 0 Å². The molecule has 6 heteroatoms. The second-order valence-corrected chi connectivity index (χ2v) is 5.22. The third-order valence-corrected chi connectivity index (χ3v) is 3.88. The molecule has 1 aromatic rings. The maximum atomic E-state index is 12.7. The van der Waals surface area contributed by atoms with E-state index in [9.17, 15) is 4.79 Å². The van der Waals surface area contributed by atoms with Crippen molar-refractivity contribution in [3.05, 3.63) is 29.3 Å². The molecule has 0 radical (unpaired) electrons. The molecule has 0 bridgehead atoms. The lowest BCUT2D eigenvalue weighted by molar-refractivity contribution is 0.0676. The standard InChI is InChI=1S/C15H21N3O3/c1-10-6-7-11(9-13(10)21-2)15(19)18-8-4-3-5-12(18)14(16)17-20/h6-7,9,12,20H,3-5,8H2,1-2H3,(H2,16,17). The lowest BCUT2D eigenvalue weighted by Gasteiger charge is -2.34. The molecule has 2 rings (SSSR count). The maximum Gasteiger partial charge on any atom is 0.254 e. The van der Waals surface area contributed by atoms with E-state index in [0.717, 1.165) is 18.4 Å². The second-order valence-electron chi connectivity index (χ2n) is 5.22. The molecule has 1 amide bonds. The second kappa shape index (κ2) is 6.47. The van der Waals surface area contributed by atoms with Crippen LogP contribution in [0.3, 0.4) is 0 Å². The highest BCUT2D eigenvalue weighted by molar-refractivity contribution is 5.98. The number of amidine groups is 1. The number of carbonyl (C=O) groups is 1. The Morgan fingerprint density at radius 2 is 2.24 bits per heavy atom. The number of nitrogens with zero attached hydrogens (tertiary/aromatic N) is 2. The van der Waals surface area contributed by atoms with E-state index in [0.29, 0.717) is 24.3 Å². The van der Waals surface area contributed by atoms with Crippen molar-refractivity contribution in [3.8, 4) is 5.75 Å². The van der Waals surface area contributed by atoms with Crippen LogP contribution >= 0.6 is 0 Å². The van der Waals surface area contributed by atoms with E-state index in [2.05, 4.69) is 5.16 Å². The number of rotatable bonds is 3. The Morgan fingerprint density at radius 3 is 2.90 bits per heavy atom. The summed E-state index contributed by atoms with van der Waals surface area (Å²) >= 11 is 0. The van der Waals surface area contributed by atoms with Gasteiger partial charge in [0.25, 0.3) is 5.91 Å². The van der Waals surface area contributed by atoms with Crippen molar-refractivity contribution >= 4 is 11.7 Å². The number of hydrogen-bond acceptors (Lipinski definition) is 4. The summed E-state index contributed by atoms with van der Waals surface area (Å²) in [6.45, 7) is 2.53. The molecule has 0 aliphatic carbocycles. The number of amides is 1. The molecular weight excluding hydrogens is 270 g/mol. The van der Waals surface area contributed by atoms with E-state index < -0.39 is 0 Å². The summed E-state index contributed by atoms with van der Waals surface area (Å²) in [5.41, 5.74) is 7.24. The molecule has 1 aromatic carbocycles. The van der Waals surface area contributed by atoms with Crippen LogP contribution in [0.5, 0.6) is 5.75 Å². The van der Waals surface area contributed by atoms with Gasteiger partial charge in [-0.05, 0) is 43.9 Å². The number of oxime groups is 1. The molecule has 21 heavy (non-hydrogen) atoms. The van der Waals surface area contributed by atoms with Gasteiger partial charge < -0.3 is 20.6 Å². The number of likely N-dealkylation sites (tertiary alicyclic amines) is 1. The Kier molecular flexibility index (Phi) is 4.67. The fourth-order valence-corrected chi connectivity index (χ4v) is 2.67. The molecule has 1 unspecified atom stereocenters. The third kappa shape index (κ3) is 3.09. The molecular formula is C15H21N3O3. The number of aryl methyl sites for hydroxylation is 1. The lowest BCUT2D eigenvalue weighted by atomic mass is 9.99. The minimum Gasteiger partial charge on any atom is -0.496 e. The zero-order chi connectivity index (χ0) is 15.4. The van der Waals surface area contributed by atoms with Crippen molar-refractivity contribution in [3.63, 3.8) is 0 Å². The van der Waals surface area contributed by atoms with Crippen molar-refractivity contribution < 1.29 is 14.7 Å². The van der Waals surface area contributed by atoms with Gasteiger partial charge in [0.15, 0.2) is 5.84 Å². The van der Waals surface area contributed by atoms with Gasteiger partial charge in [-0.2, -0.15) is 0 Å². The van der Waals surface area contributed by atoms with Crippen LogP contribution in [0.2, 0.25) is 0 Å². The summed E-state index contributed by atoms with van der Waals surface area (Å²) in [6.07, 6.45) is 2.59. The van der Waals surface area contributed by atoms with Gasteiger partial charge in [-0.1, -0.05) is 11.2 Å². The zero-order valence-electron chi connectivity index (χ0n) is 12.4. The normalized spacial score (nSPS) is 19.4. The predicted molar refractivity (Wildman–Crippen MR) is 79.8 cm³/mol. The number of nitrogens with two attached hydrogens (primary N) is 1. The molecule has 1 fully saturated rings. The quantitative estimate of drug-likeness (QED) is 0.384. The maximum absolute atomic E-state index is 12.7. The van der Waals surface area contributed by atoms with Crippen molar-refractivity contribution in [2.45, 2.75) is 32.2 Å². The van der Waals surface area contributed by atoms with Crippen molar-refractivity contribution in [1.82, 2.24) is 4.90 Å². The van der Waals surface area contributed by atoms with Gasteiger partial charge in [0.1, 0.15) is 5.75 Å². The summed E-state index contributed by atoms with van der Waals surface area (Å²) in [5, 5.41) is 11.9. The summed E-state index contributed by atoms with van der Waals surface area (Å²) in [6, 6.07) is 5.02. The number of piperidine rings is 1. The molecule has 1 saturated heterocycles. The Bertz CT molecular complexity index is 557. The number of carbonyl (C=O) groups excluding carboxylic acids is 1. The van der Waals surface area contributed by atoms with Gasteiger partial charge in [0.05, 0.1) is 13.2 Å². The van der Waals surface area contributed by atoms with Gasteiger partial charge >= 0.3 is 0 Å². The Morgan fingerprint density at radius 1 is 1.48 bits per heavy atom. The van der Waals surface area contributed by atoms with Crippen molar-refractivity contribution in [1.29, 1.82) is 0 Å². The molecule has 0 aromatic heterocycles. The van der Waals surface area contributed by atoms with Crippen LogP contribution in [-0.2, 0) is 0 Å². The topological polar surface area (TPSA) is 88.2 Å². The molecule has 6 nitrogen and oxygen atoms in total. The predicted octanol–water partition coefficient (Wildman–Crippen LogP) is 1.74. The fraction of sp³-hybridized carbons (Fsp3) is 0.467. The molecule has 1 aliphatic heterocycles. The summed E-state index contributed by atoms with van der Waals surface area (Å²) in [4.78, 5) is 14.4.